The molecule has 0 bridgehead atoms. The van der Waals surface area contributed by atoms with Gasteiger partial charge in [0.25, 0.3) is 0 Å². The molecule has 0 amide bonds. The average molecular weight is 185 g/mol. The van der Waals surface area contributed by atoms with Gasteiger partial charge in [0.05, 0.1) is 5.41 Å². The van der Waals surface area contributed by atoms with Gasteiger partial charge in [-0.2, -0.15) is 0 Å². The molecule has 76 valence electrons. The summed E-state index contributed by atoms with van der Waals surface area (Å²) in [5.41, 5.74) is -0.864. The van der Waals surface area contributed by atoms with E-state index in [1.54, 1.807) is 0 Å². The van der Waals surface area contributed by atoms with Crippen molar-refractivity contribution in [3.63, 3.8) is 0 Å². The van der Waals surface area contributed by atoms with Gasteiger partial charge in [-0.15, -0.1) is 0 Å². The van der Waals surface area contributed by atoms with Gasteiger partial charge in [-0.25, -0.2) is 0 Å². The van der Waals surface area contributed by atoms with Crippen molar-refractivity contribution in [3.05, 3.63) is 0 Å². The van der Waals surface area contributed by atoms with Crippen LogP contribution in [0.5, 0.6) is 0 Å². The summed E-state index contributed by atoms with van der Waals surface area (Å²) in [5, 5.41) is 9.22. The second-order valence-electron chi connectivity index (χ2n) is 4.72. The van der Waals surface area contributed by atoms with Gasteiger partial charge in [0.15, 0.2) is 0 Å². The number of nitrogens with zero attached hydrogens (tertiary/aromatic N) is 1. The average Bonchev–Trinajstić information content (AvgIpc) is 2.00. The third kappa shape index (κ3) is 1.35. The Labute approximate surface area is 79.7 Å². The lowest BCUT2D eigenvalue weighted by atomic mass is 9.67. The Morgan fingerprint density at radius 2 is 1.92 bits per heavy atom. The lowest BCUT2D eigenvalue weighted by Crippen LogP contribution is -2.60. The van der Waals surface area contributed by atoms with Crippen LogP contribution >= 0.6 is 0 Å². The summed E-state index contributed by atoms with van der Waals surface area (Å²) in [7, 11) is 2.00. The fourth-order valence-corrected chi connectivity index (χ4v) is 2.05. The van der Waals surface area contributed by atoms with Crippen molar-refractivity contribution in [2.24, 2.45) is 5.41 Å². The third-order valence-corrected chi connectivity index (χ3v) is 3.95. The second kappa shape index (κ2) is 2.98. The second-order valence-corrected chi connectivity index (χ2v) is 4.72. The van der Waals surface area contributed by atoms with Crippen molar-refractivity contribution < 1.29 is 9.90 Å². The Morgan fingerprint density at radius 3 is 2.31 bits per heavy atom. The first kappa shape index (κ1) is 10.5. The van der Waals surface area contributed by atoms with Crippen molar-refractivity contribution in [2.75, 3.05) is 13.6 Å². The molecule has 0 aromatic carbocycles. The molecule has 1 fully saturated rings. The molecule has 1 saturated heterocycles. The standard InChI is InChI=1S/C10H19NO2/c1-9(2)10(3,8(12)13)6-5-7-11(9)4/h5-7H2,1-4H3,(H,12,13). The lowest BCUT2D eigenvalue weighted by molar-refractivity contribution is -0.161. The Morgan fingerprint density at radius 1 is 1.38 bits per heavy atom. The van der Waals surface area contributed by atoms with E-state index in [1.807, 2.05) is 27.8 Å². The fraction of sp³-hybridized carbons (Fsp3) is 0.900. The van der Waals surface area contributed by atoms with Gasteiger partial charge in [-0.3, -0.25) is 4.79 Å². The summed E-state index contributed by atoms with van der Waals surface area (Å²) in [5.74, 6) is -0.677. The van der Waals surface area contributed by atoms with Crippen LogP contribution in [-0.2, 0) is 4.79 Å². The lowest BCUT2D eigenvalue weighted by Gasteiger charge is -2.51. The van der Waals surface area contributed by atoms with E-state index < -0.39 is 11.4 Å². The summed E-state index contributed by atoms with van der Waals surface area (Å²) in [6.07, 6.45) is 1.75. The molecule has 1 heterocycles. The zero-order valence-corrected chi connectivity index (χ0v) is 8.92. The normalized spacial score (nSPS) is 34.5. The molecule has 0 aliphatic carbocycles. The third-order valence-electron chi connectivity index (χ3n) is 3.95. The van der Waals surface area contributed by atoms with Crippen molar-refractivity contribution in [2.45, 2.75) is 39.2 Å². The van der Waals surface area contributed by atoms with Gasteiger partial charge < -0.3 is 10.0 Å². The highest BCUT2D eigenvalue weighted by Gasteiger charge is 2.51. The number of hydrogen-bond donors (Lipinski definition) is 1. The predicted molar refractivity (Wildman–Crippen MR) is 51.7 cm³/mol. The number of carboxylic acid groups (broad SMARTS) is 1. The van der Waals surface area contributed by atoms with Crippen LogP contribution in [0.4, 0.5) is 0 Å². The Kier molecular flexibility index (Phi) is 2.41. The van der Waals surface area contributed by atoms with E-state index in [9.17, 15) is 9.90 Å². The first-order valence-corrected chi connectivity index (χ1v) is 4.77. The molecule has 0 aromatic rings. The topological polar surface area (TPSA) is 40.5 Å². The number of piperidine rings is 1. The van der Waals surface area contributed by atoms with E-state index >= 15 is 0 Å². The highest BCUT2D eigenvalue weighted by atomic mass is 16.4. The van der Waals surface area contributed by atoms with Crippen LogP contribution in [0.25, 0.3) is 0 Å². The molecule has 0 aromatic heterocycles. The van der Waals surface area contributed by atoms with Crippen LogP contribution in [0.3, 0.4) is 0 Å². The van der Waals surface area contributed by atoms with Crippen molar-refractivity contribution in [1.82, 2.24) is 4.90 Å². The zero-order chi connectivity index (χ0) is 10.3. The van der Waals surface area contributed by atoms with Crippen LogP contribution < -0.4 is 0 Å². The van der Waals surface area contributed by atoms with E-state index in [0.717, 1.165) is 19.4 Å². The predicted octanol–water partition coefficient (Wildman–Crippen LogP) is 1.58. The zero-order valence-electron chi connectivity index (χ0n) is 8.92. The number of carbonyl (C=O) groups is 1. The molecule has 1 aliphatic heterocycles. The minimum atomic E-state index is -0.677. The fourth-order valence-electron chi connectivity index (χ4n) is 2.05. The van der Waals surface area contributed by atoms with Gasteiger partial charge in [-0.05, 0) is 47.2 Å². The van der Waals surface area contributed by atoms with Gasteiger partial charge >= 0.3 is 5.97 Å². The minimum absolute atomic E-state index is 0.253. The molecule has 0 spiro atoms. The largest absolute Gasteiger partial charge is 0.481 e. The van der Waals surface area contributed by atoms with Crippen LogP contribution in [0.2, 0.25) is 0 Å². The maximum Gasteiger partial charge on any atom is 0.311 e. The van der Waals surface area contributed by atoms with Crippen LogP contribution in [0.15, 0.2) is 0 Å². The van der Waals surface area contributed by atoms with Crippen molar-refractivity contribution in [3.8, 4) is 0 Å². The molecule has 3 nitrogen and oxygen atoms in total. The summed E-state index contributed by atoms with van der Waals surface area (Å²) in [6.45, 7) is 6.88. The Bertz CT molecular complexity index is 225. The highest BCUT2D eigenvalue weighted by molar-refractivity contribution is 5.76. The maximum absolute atomic E-state index is 11.2. The number of rotatable bonds is 1. The van der Waals surface area contributed by atoms with Gasteiger partial charge in [0.2, 0.25) is 0 Å². The van der Waals surface area contributed by atoms with Crippen LogP contribution in [0, 0.1) is 5.41 Å². The molecule has 1 atom stereocenters. The quantitative estimate of drug-likeness (QED) is 0.674. The van der Waals surface area contributed by atoms with Crippen LogP contribution in [-0.4, -0.2) is 35.1 Å². The Balaban J connectivity index is 3.02. The maximum atomic E-state index is 11.2. The summed E-state index contributed by atoms with van der Waals surface area (Å²) >= 11 is 0. The molecule has 1 rings (SSSR count). The molecule has 1 unspecified atom stereocenters. The van der Waals surface area contributed by atoms with E-state index in [1.165, 1.54) is 0 Å². The Hall–Kier alpha value is -0.570. The highest BCUT2D eigenvalue weighted by Crippen LogP contribution is 2.43. The summed E-state index contributed by atoms with van der Waals surface area (Å²) in [4.78, 5) is 13.4. The summed E-state index contributed by atoms with van der Waals surface area (Å²) in [6, 6.07) is 0. The molecule has 3 heteroatoms. The van der Waals surface area contributed by atoms with Crippen molar-refractivity contribution >= 4 is 5.97 Å². The first-order valence-electron chi connectivity index (χ1n) is 4.77. The molecular formula is C10H19NO2. The van der Waals surface area contributed by atoms with Gasteiger partial charge in [0, 0.05) is 5.54 Å². The van der Waals surface area contributed by atoms with Crippen molar-refractivity contribution in [1.29, 1.82) is 0 Å². The minimum Gasteiger partial charge on any atom is -0.481 e. The molecule has 1 N–H and O–H groups in total. The molecule has 13 heavy (non-hydrogen) atoms. The van der Waals surface area contributed by atoms with E-state index in [4.69, 9.17) is 0 Å². The van der Waals surface area contributed by atoms with Gasteiger partial charge in [0.1, 0.15) is 0 Å². The van der Waals surface area contributed by atoms with Gasteiger partial charge in [-0.1, -0.05) is 0 Å². The number of likely N-dealkylation sites (tertiary alicyclic amines) is 1. The van der Waals surface area contributed by atoms with E-state index in [2.05, 4.69) is 4.90 Å². The number of carboxylic acids is 1. The molecule has 0 saturated carbocycles. The number of hydrogen-bond acceptors (Lipinski definition) is 2. The SMILES string of the molecule is CN1CCCC(C)(C(=O)O)C1(C)C. The first-order chi connectivity index (χ1) is 5.82. The summed E-state index contributed by atoms with van der Waals surface area (Å²) < 4.78 is 0. The molecule has 1 aliphatic rings. The number of aliphatic carboxylic acids is 1. The monoisotopic (exact) mass is 185 g/mol. The van der Waals surface area contributed by atoms with E-state index in [0.29, 0.717) is 0 Å². The smallest absolute Gasteiger partial charge is 0.311 e. The van der Waals surface area contributed by atoms with Crippen LogP contribution in [0.1, 0.15) is 33.6 Å². The molecule has 0 radical (unpaired) electrons. The molecular weight excluding hydrogens is 166 g/mol. The van der Waals surface area contributed by atoms with E-state index in [-0.39, 0.29) is 5.54 Å².